The molecule has 0 saturated heterocycles. The molecule has 0 heterocycles. The first kappa shape index (κ1) is 18.7. The van der Waals surface area contributed by atoms with Gasteiger partial charge in [-0.05, 0) is 29.9 Å². The van der Waals surface area contributed by atoms with Crippen LogP contribution in [0.2, 0.25) is 0 Å². The fourth-order valence-electron chi connectivity index (χ4n) is 1.87. The summed E-state index contributed by atoms with van der Waals surface area (Å²) in [7, 11) is 0. The first-order valence-electron chi connectivity index (χ1n) is 7.34. The van der Waals surface area contributed by atoms with E-state index in [-0.39, 0.29) is 16.4 Å². The molecule has 0 fully saturated rings. The molecule has 0 aliphatic heterocycles. The predicted octanol–water partition coefficient (Wildman–Crippen LogP) is 1.94. The zero-order valence-electron chi connectivity index (χ0n) is 13.3. The molecule has 0 radical (unpaired) electrons. The van der Waals surface area contributed by atoms with Crippen molar-refractivity contribution >= 4 is 40.9 Å². The monoisotopic (exact) mass is 370 g/mol. The number of nitrogens with zero attached hydrogens (tertiary/aromatic N) is 1. The van der Waals surface area contributed by atoms with Gasteiger partial charge in [0.15, 0.2) is 5.11 Å². The van der Waals surface area contributed by atoms with Crippen LogP contribution in [0.5, 0.6) is 0 Å². The highest BCUT2D eigenvalue weighted by molar-refractivity contribution is 7.80. The van der Waals surface area contributed by atoms with Crippen molar-refractivity contribution in [3.63, 3.8) is 0 Å². The lowest BCUT2D eigenvalue weighted by molar-refractivity contribution is -0.384. The molecule has 0 saturated carbocycles. The number of nitro groups is 1. The summed E-state index contributed by atoms with van der Waals surface area (Å²) in [5.41, 5.74) is 5.32. The van der Waals surface area contributed by atoms with Gasteiger partial charge in [0, 0.05) is 23.8 Å². The minimum atomic E-state index is -0.634. The van der Waals surface area contributed by atoms with Gasteiger partial charge in [0.05, 0.1) is 4.92 Å². The summed E-state index contributed by atoms with van der Waals surface area (Å²) in [6.07, 6.45) is 2.91. The Morgan fingerprint density at radius 2 is 1.77 bits per heavy atom. The van der Waals surface area contributed by atoms with E-state index in [1.807, 2.05) is 30.3 Å². The van der Waals surface area contributed by atoms with Crippen LogP contribution in [0.4, 0.5) is 5.69 Å². The van der Waals surface area contributed by atoms with Gasteiger partial charge in [0.25, 0.3) is 11.6 Å². The van der Waals surface area contributed by atoms with Crippen LogP contribution in [0.15, 0.2) is 60.7 Å². The fraction of sp³-hybridized carbons (Fsp3) is 0. The number of nitrogens with one attached hydrogen (secondary N) is 3. The molecule has 2 rings (SSSR count). The molecule has 0 aromatic heterocycles. The second-order valence-corrected chi connectivity index (χ2v) is 5.36. The Kier molecular flexibility index (Phi) is 6.52. The van der Waals surface area contributed by atoms with Crippen LogP contribution >= 0.6 is 12.2 Å². The van der Waals surface area contributed by atoms with E-state index in [1.54, 1.807) is 6.08 Å². The number of carbonyl (C=O) groups excluding carboxylic acids is 2. The maximum atomic E-state index is 11.9. The van der Waals surface area contributed by atoms with Gasteiger partial charge in [-0.15, -0.1) is 0 Å². The third-order valence-corrected chi connectivity index (χ3v) is 3.28. The number of nitro benzene ring substituents is 1. The SMILES string of the molecule is O=C(C=Cc1ccccc1)NC(=S)NNC(=O)c1cccc([N+](=O)[O-])c1. The zero-order chi connectivity index (χ0) is 18.9. The Morgan fingerprint density at radius 1 is 1.04 bits per heavy atom. The Bertz CT molecular complexity index is 868. The number of hydrogen-bond acceptors (Lipinski definition) is 5. The first-order chi connectivity index (χ1) is 12.5. The van der Waals surface area contributed by atoms with E-state index in [0.717, 1.165) is 11.6 Å². The van der Waals surface area contributed by atoms with E-state index in [9.17, 15) is 19.7 Å². The summed E-state index contributed by atoms with van der Waals surface area (Å²) in [6.45, 7) is 0. The fourth-order valence-corrected chi connectivity index (χ4v) is 2.02. The van der Waals surface area contributed by atoms with Gasteiger partial charge in [0.1, 0.15) is 0 Å². The van der Waals surface area contributed by atoms with Gasteiger partial charge in [-0.2, -0.15) is 0 Å². The van der Waals surface area contributed by atoms with Crippen molar-refractivity contribution in [2.45, 2.75) is 0 Å². The highest BCUT2D eigenvalue weighted by Crippen LogP contribution is 2.12. The molecule has 0 atom stereocenters. The molecule has 0 spiro atoms. The topological polar surface area (TPSA) is 113 Å². The molecule has 8 nitrogen and oxygen atoms in total. The number of non-ortho nitro benzene ring substituents is 1. The highest BCUT2D eigenvalue weighted by Gasteiger charge is 2.11. The predicted molar refractivity (Wildman–Crippen MR) is 99.9 cm³/mol. The van der Waals surface area contributed by atoms with Gasteiger partial charge >= 0.3 is 0 Å². The molecule has 132 valence electrons. The summed E-state index contributed by atoms with van der Waals surface area (Å²) >= 11 is 4.90. The number of benzene rings is 2. The van der Waals surface area contributed by atoms with Gasteiger partial charge in [0.2, 0.25) is 5.91 Å². The average molecular weight is 370 g/mol. The van der Waals surface area contributed by atoms with Crippen molar-refractivity contribution in [2.75, 3.05) is 0 Å². The summed E-state index contributed by atoms with van der Waals surface area (Å²) in [5, 5.41) is 12.9. The van der Waals surface area contributed by atoms with E-state index in [0.29, 0.717) is 0 Å². The standard InChI is InChI=1S/C17H14N4O4S/c22-15(10-9-12-5-2-1-3-6-12)18-17(26)20-19-16(23)13-7-4-8-14(11-13)21(24)25/h1-11H,(H,19,23)(H2,18,20,22,26). The quantitative estimate of drug-likeness (QED) is 0.328. The number of amides is 2. The third kappa shape index (κ3) is 5.80. The molecular formula is C17H14N4O4S. The second kappa shape index (κ2) is 9.04. The Balaban J connectivity index is 1.83. The van der Waals surface area contributed by atoms with Gasteiger partial charge in [-0.1, -0.05) is 36.4 Å². The number of hydrogen-bond donors (Lipinski definition) is 3. The Hall–Kier alpha value is -3.59. The lowest BCUT2D eigenvalue weighted by Gasteiger charge is -2.09. The van der Waals surface area contributed by atoms with E-state index < -0.39 is 16.7 Å². The summed E-state index contributed by atoms with van der Waals surface area (Å²) < 4.78 is 0. The van der Waals surface area contributed by atoms with Crippen LogP contribution in [0.1, 0.15) is 15.9 Å². The van der Waals surface area contributed by atoms with E-state index >= 15 is 0 Å². The van der Waals surface area contributed by atoms with Crippen molar-refractivity contribution in [2.24, 2.45) is 0 Å². The molecule has 0 unspecified atom stereocenters. The smallest absolute Gasteiger partial charge is 0.270 e. The molecule has 9 heteroatoms. The Morgan fingerprint density at radius 3 is 2.46 bits per heavy atom. The minimum absolute atomic E-state index is 0.0739. The van der Waals surface area contributed by atoms with Gasteiger partial charge in [-0.3, -0.25) is 35.9 Å². The zero-order valence-corrected chi connectivity index (χ0v) is 14.2. The highest BCUT2D eigenvalue weighted by atomic mass is 32.1. The third-order valence-electron chi connectivity index (χ3n) is 3.07. The summed E-state index contributed by atoms with van der Waals surface area (Å²) in [5.74, 6) is -1.11. The molecule has 2 aromatic carbocycles. The van der Waals surface area contributed by atoms with Crippen LogP contribution in [0.25, 0.3) is 6.08 Å². The summed E-state index contributed by atoms with van der Waals surface area (Å²) in [6, 6.07) is 14.4. The average Bonchev–Trinajstić information content (AvgIpc) is 2.65. The van der Waals surface area contributed by atoms with Gasteiger partial charge in [-0.25, -0.2) is 0 Å². The molecule has 0 bridgehead atoms. The summed E-state index contributed by atoms with van der Waals surface area (Å²) in [4.78, 5) is 33.8. The molecule has 2 aromatic rings. The van der Waals surface area contributed by atoms with Crippen LogP contribution in [0, 0.1) is 10.1 Å². The van der Waals surface area contributed by atoms with E-state index in [4.69, 9.17) is 12.2 Å². The number of thiocarbonyl (C=S) groups is 1. The van der Waals surface area contributed by atoms with Crippen molar-refractivity contribution in [1.29, 1.82) is 0 Å². The van der Waals surface area contributed by atoms with Crippen molar-refractivity contribution < 1.29 is 14.5 Å². The number of rotatable bonds is 4. The van der Waals surface area contributed by atoms with Crippen molar-refractivity contribution in [1.82, 2.24) is 16.2 Å². The molecule has 2 amide bonds. The van der Waals surface area contributed by atoms with Crippen LogP contribution in [-0.4, -0.2) is 21.9 Å². The maximum absolute atomic E-state index is 11.9. The number of hydrazine groups is 1. The molecule has 26 heavy (non-hydrogen) atoms. The van der Waals surface area contributed by atoms with Crippen molar-refractivity contribution in [3.8, 4) is 0 Å². The van der Waals surface area contributed by atoms with Crippen LogP contribution in [-0.2, 0) is 4.79 Å². The van der Waals surface area contributed by atoms with Crippen LogP contribution < -0.4 is 16.2 Å². The first-order valence-corrected chi connectivity index (χ1v) is 7.75. The van der Waals surface area contributed by atoms with Crippen LogP contribution in [0.3, 0.4) is 0 Å². The normalized spacial score (nSPS) is 10.2. The van der Waals surface area contributed by atoms with E-state index in [1.165, 1.54) is 24.3 Å². The van der Waals surface area contributed by atoms with E-state index in [2.05, 4.69) is 16.2 Å². The lowest BCUT2D eigenvalue weighted by atomic mass is 10.2. The molecule has 3 N–H and O–H groups in total. The lowest BCUT2D eigenvalue weighted by Crippen LogP contribution is -2.48. The van der Waals surface area contributed by atoms with Crippen molar-refractivity contribution in [3.05, 3.63) is 81.9 Å². The maximum Gasteiger partial charge on any atom is 0.270 e. The Labute approximate surface area is 154 Å². The largest absolute Gasteiger partial charge is 0.298 e. The molecule has 0 aliphatic rings. The minimum Gasteiger partial charge on any atom is -0.298 e. The molecular weight excluding hydrogens is 356 g/mol. The van der Waals surface area contributed by atoms with Gasteiger partial charge < -0.3 is 0 Å². The number of carbonyl (C=O) groups is 2. The molecule has 0 aliphatic carbocycles. The second-order valence-electron chi connectivity index (χ2n) is 4.95.